The fourth-order valence-electron chi connectivity index (χ4n) is 6.32. The van der Waals surface area contributed by atoms with E-state index >= 15 is 0 Å². The maximum atomic E-state index is 12.6. The van der Waals surface area contributed by atoms with E-state index in [-0.39, 0.29) is 11.3 Å². The van der Waals surface area contributed by atoms with Gasteiger partial charge in [0.1, 0.15) is 5.78 Å². The molecule has 3 saturated carbocycles. The fourth-order valence-corrected chi connectivity index (χ4v) is 6.32. The van der Waals surface area contributed by atoms with Crippen LogP contribution in [0.4, 0.5) is 0 Å². The zero-order valence-electron chi connectivity index (χ0n) is 15.7. The van der Waals surface area contributed by atoms with Gasteiger partial charge in [-0.05, 0) is 66.6 Å². The van der Waals surface area contributed by atoms with E-state index in [1.807, 2.05) is 6.08 Å². The van der Waals surface area contributed by atoms with Crippen molar-refractivity contribution in [2.75, 3.05) is 0 Å². The Bertz CT molecular complexity index is 732. The first-order valence-electron chi connectivity index (χ1n) is 9.77. The van der Waals surface area contributed by atoms with Gasteiger partial charge in [0.15, 0.2) is 0 Å². The molecule has 3 fully saturated rings. The van der Waals surface area contributed by atoms with Crippen LogP contribution in [-0.2, 0) is 14.3 Å². The predicted octanol–water partition coefficient (Wildman–Crippen LogP) is 3.71. The minimum Gasteiger partial charge on any atom is -0.429 e. The fraction of sp³-hybridized carbons (Fsp3) is 0.636. The normalized spacial score (nSPS) is 44.2. The molecule has 0 heterocycles. The SMILES string of the molecule is C=C[C@H]1C[C@]2(C)C(=O)CC[C@H]2[C@@H]2CCC3=CC(O)(OC(C)=O)CC=C3[C@H]21. The lowest BCUT2D eigenvalue weighted by Crippen LogP contribution is -2.48. The molecule has 26 heavy (non-hydrogen) atoms. The van der Waals surface area contributed by atoms with Crippen molar-refractivity contribution in [3.8, 4) is 0 Å². The van der Waals surface area contributed by atoms with E-state index in [1.165, 1.54) is 12.5 Å². The average Bonchev–Trinajstić information content (AvgIpc) is 2.87. The van der Waals surface area contributed by atoms with Crippen molar-refractivity contribution in [3.63, 3.8) is 0 Å². The first-order chi connectivity index (χ1) is 12.3. The Morgan fingerprint density at radius 3 is 2.85 bits per heavy atom. The van der Waals surface area contributed by atoms with Crippen molar-refractivity contribution in [1.29, 1.82) is 0 Å². The maximum Gasteiger partial charge on any atom is 0.305 e. The smallest absolute Gasteiger partial charge is 0.305 e. The van der Waals surface area contributed by atoms with Crippen molar-refractivity contribution in [2.45, 2.75) is 58.2 Å². The van der Waals surface area contributed by atoms with Crippen LogP contribution in [0.5, 0.6) is 0 Å². The number of hydrogen-bond acceptors (Lipinski definition) is 4. The molecule has 1 unspecified atom stereocenters. The molecule has 0 aromatic rings. The average molecular weight is 356 g/mol. The van der Waals surface area contributed by atoms with Crippen LogP contribution in [0.3, 0.4) is 0 Å². The third kappa shape index (κ3) is 2.53. The number of Topliss-reactive ketones (excluding diaryl/α,β-unsaturated/α-hetero) is 1. The van der Waals surface area contributed by atoms with E-state index in [0.29, 0.717) is 36.4 Å². The van der Waals surface area contributed by atoms with Gasteiger partial charge in [0.05, 0.1) is 0 Å². The largest absolute Gasteiger partial charge is 0.429 e. The molecule has 0 bridgehead atoms. The molecule has 0 saturated heterocycles. The number of ether oxygens (including phenoxy) is 1. The number of esters is 1. The Hall–Kier alpha value is -1.68. The minimum atomic E-state index is -1.52. The summed E-state index contributed by atoms with van der Waals surface area (Å²) in [6.07, 6.45) is 10.6. The Labute approximate surface area is 155 Å². The van der Waals surface area contributed by atoms with Gasteiger partial charge in [0.2, 0.25) is 5.79 Å². The summed E-state index contributed by atoms with van der Waals surface area (Å²) in [5, 5.41) is 10.6. The number of rotatable bonds is 2. The molecule has 140 valence electrons. The molecule has 0 aromatic heterocycles. The lowest BCUT2D eigenvalue weighted by Gasteiger charge is -2.53. The first-order valence-corrected chi connectivity index (χ1v) is 9.77. The van der Waals surface area contributed by atoms with Gasteiger partial charge in [-0.3, -0.25) is 9.59 Å². The van der Waals surface area contributed by atoms with Crippen LogP contribution < -0.4 is 0 Å². The highest BCUT2D eigenvalue weighted by Crippen LogP contribution is 2.62. The van der Waals surface area contributed by atoms with Gasteiger partial charge in [-0.25, -0.2) is 0 Å². The maximum absolute atomic E-state index is 12.6. The lowest BCUT2D eigenvalue weighted by molar-refractivity contribution is -0.187. The van der Waals surface area contributed by atoms with E-state index in [4.69, 9.17) is 4.74 Å². The molecule has 1 N–H and O–H groups in total. The number of carbonyl (C=O) groups is 2. The van der Waals surface area contributed by atoms with Crippen LogP contribution in [0.2, 0.25) is 0 Å². The molecule has 0 amide bonds. The highest BCUT2D eigenvalue weighted by Gasteiger charge is 2.58. The predicted molar refractivity (Wildman–Crippen MR) is 97.9 cm³/mol. The third-order valence-electron chi connectivity index (χ3n) is 7.35. The van der Waals surface area contributed by atoms with E-state index in [1.54, 1.807) is 6.08 Å². The summed E-state index contributed by atoms with van der Waals surface area (Å²) in [7, 11) is 0. The van der Waals surface area contributed by atoms with Crippen LogP contribution in [0.25, 0.3) is 0 Å². The summed E-state index contributed by atoms with van der Waals surface area (Å²) in [4.78, 5) is 23.9. The van der Waals surface area contributed by atoms with Gasteiger partial charge in [0, 0.05) is 25.2 Å². The molecule has 0 aliphatic heterocycles. The number of aliphatic hydroxyl groups is 1. The Balaban J connectivity index is 1.68. The molecule has 0 aromatic carbocycles. The van der Waals surface area contributed by atoms with Crippen LogP contribution >= 0.6 is 0 Å². The molecule has 4 aliphatic rings. The first kappa shape index (κ1) is 17.7. The van der Waals surface area contributed by atoms with Crippen LogP contribution in [0.1, 0.15) is 52.4 Å². The van der Waals surface area contributed by atoms with Gasteiger partial charge in [-0.2, -0.15) is 0 Å². The van der Waals surface area contributed by atoms with Crippen LogP contribution in [0.15, 0.2) is 36.0 Å². The van der Waals surface area contributed by atoms with Gasteiger partial charge >= 0.3 is 5.97 Å². The molecular formula is C22H28O4. The molecule has 6 atom stereocenters. The number of allylic oxidation sites excluding steroid dienone is 3. The van der Waals surface area contributed by atoms with E-state index < -0.39 is 11.8 Å². The molecular weight excluding hydrogens is 328 g/mol. The summed E-state index contributed by atoms with van der Waals surface area (Å²) >= 11 is 0. The summed E-state index contributed by atoms with van der Waals surface area (Å²) in [5.74, 6) is 0.0111. The molecule has 0 radical (unpaired) electrons. The zero-order chi connectivity index (χ0) is 18.7. The van der Waals surface area contributed by atoms with Crippen molar-refractivity contribution < 1.29 is 19.4 Å². The number of hydrogen-bond donors (Lipinski definition) is 1. The molecule has 4 aliphatic carbocycles. The van der Waals surface area contributed by atoms with E-state index in [0.717, 1.165) is 31.3 Å². The second-order valence-corrected chi connectivity index (χ2v) is 8.79. The van der Waals surface area contributed by atoms with Crippen molar-refractivity contribution >= 4 is 11.8 Å². The number of ketones is 1. The topological polar surface area (TPSA) is 63.6 Å². The van der Waals surface area contributed by atoms with E-state index in [2.05, 4.69) is 19.6 Å². The van der Waals surface area contributed by atoms with E-state index in [9.17, 15) is 14.7 Å². The number of carbonyl (C=O) groups excluding carboxylic acids is 2. The second-order valence-electron chi connectivity index (χ2n) is 8.79. The Kier molecular flexibility index (Phi) is 4.03. The quantitative estimate of drug-likeness (QED) is 0.465. The lowest BCUT2D eigenvalue weighted by atomic mass is 9.51. The number of fused-ring (bicyclic) bond motifs is 5. The van der Waals surface area contributed by atoms with Crippen molar-refractivity contribution in [2.24, 2.45) is 29.1 Å². The second kappa shape index (κ2) is 5.91. The standard InChI is InChI=1S/C22H28O4/c1-4-14-11-21(3)18(7-8-19(21)24)17-6-5-15-12-22(25,26-13(2)23)10-9-16(15)20(14)17/h4,9,12,14,17-18,20,25H,1,5-8,10-11H2,2-3H3/t14-,17-,18-,20+,21-,22?/m0/s1. The van der Waals surface area contributed by atoms with Gasteiger partial charge in [0.25, 0.3) is 0 Å². The van der Waals surface area contributed by atoms with Gasteiger partial charge in [-0.1, -0.05) is 19.1 Å². The van der Waals surface area contributed by atoms with Gasteiger partial charge < -0.3 is 9.84 Å². The summed E-state index contributed by atoms with van der Waals surface area (Å²) < 4.78 is 5.15. The Morgan fingerprint density at radius 2 is 2.15 bits per heavy atom. The summed E-state index contributed by atoms with van der Waals surface area (Å²) in [6.45, 7) is 7.56. The highest BCUT2D eigenvalue weighted by molar-refractivity contribution is 5.87. The monoisotopic (exact) mass is 356 g/mol. The Morgan fingerprint density at radius 1 is 1.38 bits per heavy atom. The highest BCUT2D eigenvalue weighted by atomic mass is 16.7. The minimum absolute atomic E-state index is 0.199. The third-order valence-corrected chi connectivity index (χ3v) is 7.35. The zero-order valence-corrected chi connectivity index (χ0v) is 15.7. The molecule has 4 rings (SSSR count). The summed E-state index contributed by atoms with van der Waals surface area (Å²) in [5.41, 5.74) is 2.18. The van der Waals surface area contributed by atoms with Crippen molar-refractivity contribution in [3.05, 3.63) is 36.0 Å². The van der Waals surface area contributed by atoms with Gasteiger partial charge in [-0.15, -0.1) is 6.58 Å². The molecule has 0 spiro atoms. The molecule has 4 nitrogen and oxygen atoms in total. The van der Waals surface area contributed by atoms with Crippen LogP contribution in [-0.4, -0.2) is 22.6 Å². The van der Waals surface area contributed by atoms with Crippen LogP contribution in [0, 0.1) is 29.1 Å². The van der Waals surface area contributed by atoms with Crippen molar-refractivity contribution in [1.82, 2.24) is 0 Å². The summed E-state index contributed by atoms with van der Waals surface area (Å²) in [6, 6.07) is 0. The molecule has 4 heteroatoms.